The normalized spacial score (nSPS) is 15.3. The van der Waals surface area contributed by atoms with Crippen LogP contribution in [0.4, 0.5) is 13.2 Å². The molecule has 37 heavy (non-hydrogen) atoms. The van der Waals surface area contributed by atoms with Crippen molar-refractivity contribution in [3.63, 3.8) is 0 Å². The summed E-state index contributed by atoms with van der Waals surface area (Å²) in [5.41, 5.74) is 0.770. The summed E-state index contributed by atoms with van der Waals surface area (Å²) in [6.07, 6.45) is -1.14. The summed E-state index contributed by atoms with van der Waals surface area (Å²) in [6.45, 7) is 7.77. The standard InChI is InChI=1S/C26H27ClF3N5OS/c1-4-34(5-2)11-10-33(3)25-32-24(36)23(37-25)13-17-6-9-22-19(12-17)15-31-35(22)16-18-7-8-20(27)14-21(18)26(28,29)30/h6-9,12-15H,4-5,10-11,16H2,1-3H3. The summed E-state index contributed by atoms with van der Waals surface area (Å²) in [7, 11) is 1.93. The highest BCUT2D eigenvalue weighted by Crippen LogP contribution is 2.35. The van der Waals surface area contributed by atoms with E-state index in [2.05, 4.69) is 28.8 Å². The second kappa shape index (κ2) is 11.3. The fourth-order valence-corrected chi connectivity index (χ4v) is 5.15. The maximum absolute atomic E-state index is 13.5. The zero-order valence-corrected chi connectivity index (χ0v) is 22.3. The molecule has 2 aromatic carbocycles. The van der Waals surface area contributed by atoms with Gasteiger partial charge >= 0.3 is 6.18 Å². The molecule has 1 amide bonds. The Labute approximate surface area is 222 Å². The summed E-state index contributed by atoms with van der Waals surface area (Å²) < 4.78 is 42.0. The smallest absolute Gasteiger partial charge is 0.353 e. The van der Waals surface area contributed by atoms with E-state index >= 15 is 0 Å². The summed E-state index contributed by atoms with van der Waals surface area (Å²) in [6, 6.07) is 9.21. The highest BCUT2D eigenvalue weighted by Gasteiger charge is 2.33. The molecule has 1 aliphatic heterocycles. The zero-order valence-electron chi connectivity index (χ0n) is 20.7. The summed E-state index contributed by atoms with van der Waals surface area (Å²) in [4.78, 5) is 21.5. The number of alkyl halides is 3. The van der Waals surface area contributed by atoms with Crippen molar-refractivity contribution in [3.8, 4) is 0 Å². The van der Waals surface area contributed by atoms with Crippen LogP contribution in [0.2, 0.25) is 5.02 Å². The van der Waals surface area contributed by atoms with Crippen LogP contribution in [0.25, 0.3) is 17.0 Å². The van der Waals surface area contributed by atoms with E-state index in [0.717, 1.165) is 43.2 Å². The highest BCUT2D eigenvalue weighted by molar-refractivity contribution is 8.18. The van der Waals surface area contributed by atoms with Crippen molar-refractivity contribution in [1.82, 2.24) is 19.6 Å². The molecule has 0 N–H and O–H groups in total. The first-order valence-electron chi connectivity index (χ1n) is 11.9. The van der Waals surface area contributed by atoms with Gasteiger partial charge in [0, 0.05) is 30.5 Å². The Bertz CT molecular complexity index is 1360. The number of aliphatic imine (C=N–C) groups is 1. The molecule has 0 saturated heterocycles. The molecule has 196 valence electrons. The van der Waals surface area contributed by atoms with Gasteiger partial charge in [0.05, 0.1) is 28.7 Å². The Morgan fingerprint density at radius 1 is 1.11 bits per heavy atom. The first-order valence-corrected chi connectivity index (χ1v) is 13.1. The lowest BCUT2D eigenvalue weighted by atomic mass is 10.1. The third-order valence-corrected chi connectivity index (χ3v) is 7.58. The molecule has 0 saturated carbocycles. The van der Waals surface area contributed by atoms with Crippen LogP contribution in [-0.2, 0) is 17.5 Å². The van der Waals surface area contributed by atoms with Crippen LogP contribution in [0.3, 0.4) is 0 Å². The van der Waals surface area contributed by atoms with E-state index in [0.29, 0.717) is 15.6 Å². The highest BCUT2D eigenvalue weighted by atomic mass is 35.5. The van der Waals surface area contributed by atoms with E-state index in [1.165, 1.54) is 28.6 Å². The van der Waals surface area contributed by atoms with E-state index in [1.807, 2.05) is 24.1 Å². The fourth-order valence-electron chi connectivity index (χ4n) is 4.07. The number of halogens is 4. The molecule has 11 heteroatoms. The molecule has 1 aromatic heterocycles. The maximum Gasteiger partial charge on any atom is 0.416 e. The van der Waals surface area contributed by atoms with Gasteiger partial charge in [-0.15, -0.1) is 0 Å². The zero-order chi connectivity index (χ0) is 26.7. The number of hydrogen-bond acceptors (Lipinski definition) is 5. The number of benzene rings is 2. The number of carbonyl (C=O) groups excluding carboxylic acids is 1. The van der Waals surface area contributed by atoms with Crippen LogP contribution in [0, 0.1) is 0 Å². The fraction of sp³-hybridized carbons (Fsp3) is 0.346. The van der Waals surface area contributed by atoms with Gasteiger partial charge in [-0.1, -0.05) is 37.6 Å². The van der Waals surface area contributed by atoms with Crippen LogP contribution < -0.4 is 0 Å². The minimum absolute atomic E-state index is 0.0284. The Morgan fingerprint density at radius 3 is 2.57 bits per heavy atom. The van der Waals surface area contributed by atoms with Crippen molar-refractivity contribution in [2.75, 3.05) is 33.2 Å². The van der Waals surface area contributed by atoms with Gasteiger partial charge in [0.15, 0.2) is 5.17 Å². The maximum atomic E-state index is 13.5. The molecule has 4 rings (SSSR count). The van der Waals surface area contributed by atoms with E-state index in [1.54, 1.807) is 18.3 Å². The van der Waals surface area contributed by atoms with Crippen molar-refractivity contribution >= 4 is 51.4 Å². The topological polar surface area (TPSA) is 53.7 Å². The Morgan fingerprint density at radius 2 is 1.86 bits per heavy atom. The third kappa shape index (κ3) is 6.37. The van der Waals surface area contributed by atoms with Crippen molar-refractivity contribution in [1.29, 1.82) is 0 Å². The quantitative estimate of drug-likeness (QED) is 0.323. The van der Waals surface area contributed by atoms with Gasteiger partial charge in [-0.25, -0.2) is 0 Å². The Balaban J connectivity index is 1.50. The minimum atomic E-state index is -4.52. The number of nitrogens with zero attached hydrogens (tertiary/aromatic N) is 5. The molecule has 0 aliphatic carbocycles. The molecule has 3 aromatic rings. The van der Waals surface area contributed by atoms with Gasteiger partial charge in [-0.2, -0.15) is 23.3 Å². The molecule has 2 heterocycles. The van der Waals surface area contributed by atoms with Crippen molar-refractivity contribution < 1.29 is 18.0 Å². The summed E-state index contributed by atoms with van der Waals surface area (Å²) in [5, 5.41) is 5.75. The van der Waals surface area contributed by atoms with Crippen LogP contribution >= 0.6 is 23.4 Å². The van der Waals surface area contributed by atoms with E-state index < -0.39 is 11.7 Å². The number of likely N-dealkylation sites (N-methyl/N-ethyl adjacent to an activating group) is 2. The van der Waals surface area contributed by atoms with Crippen molar-refractivity contribution in [2.24, 2.45) is 4.99 Å². The van der Waals surface area contributed by atoms with Gasteiger partial charge in [0.25, 0.3) is 5.91 Å². The molecule has 0 spiro atoms. The molecule has 0 fully saturated rings. The van der Waals surface area contributed by atoms with E-state index in [9.17, 15) is 18.0 Å². The van der Waals surface area contributed by atoms with Crippen molar-refractivity contribution in [3.05, 3.63) is 69.2 Å². The van der Waals surface area contributed by atoms with Crippen LogP contribution in [0.1, 0.15) is 30.5 Å². The Kier molecular flexibility index (Phi) is 8.30. The second-order valence-corrected chi connectivity index (χ2v) is 10.1. The van der Waals surface area contributed by atoms with Gasteiger partial charge in [0.1, 0.15) is 0 Å². The van der Waals surface area contributed by atoms with Crippen molar-refractivity contribution in [2.45, 2.75) is 26.6 Å². The minimum Gasteiger partial charge on any atom is -0.353 e. The van der Waals surface area contributed by atoms with Gasteiger partial charge in [0.2, 0.25) is 0 Å². The van der Waals surface area contributed by atoms with Crippen LogP contribution in [0.5, 0.6) is 0 Å². The van der Waals surface area contributed by atoms with E-state index in [-0.39, 0.29) is 23.0 Å². The van der Waals surface area contributed by atoms with E-state index in [4.69, 9.17) is 11.6 Å². The monoisotopic (exact) mass is 549 g/mol. The number of aromatic nitrogens is 2. The predicted octanol–water partition coefficient (Wildman–Crippen LogP) is 6.00. The third-order valence-electron chi connectivity index (χ3n) is 6.24. The number of carbonyl (C=O) groups is 1. The number of fused-ring (bicyclic) bond motifs is 1. The lowest BCUT2D eigenvalue weighted by Gasteiger charge is -2.23. The molecule has 1 aliphatic rings. The predicted molar refractivity (Wildman–Crippen MR) is 144 cm³/mol. The van der Waals surface area contributed by atoms with Crippen LogP contribution in [0.15, 0.2) is 52.5 Å². The Hall–Kier alpha value is -2.82. The summed E-state index contributed by atoms with van der Waals surface area (Å²) >= 11 is 7.13. The SMILES string of the molecule is CCN(CC)CCN(C)C1=NC(=O)C(=Cc2ccc3c(cnn3Cc3ccc(Cl)cc3C(F)(F)F)c2)S1. The molecule has 0 radical (unpaired) electrons. The average molecular weight is 550 g/mol. The first kappa shape index (κ1) is 27.2. The number of thioether (sulfide) groups is 1. The second-order valence-electron chi connectivity index (χ2n) is 8.68. The number of amidine groups is 1. The lowest BCUT2D eigenvalue weighted by Crippen LogP contribution is -2.34. The van der Waals surface area contributed by atoms with Crippen LogP contribution in [-0.4, -0.2) is 63.9 Å². The lowest BCUT2D eigenvalue weighted by molar-refractivity contribution is -0.138. The molecule has 6 nitrogen and oxygen atoms in total. The van der Waals surface area contributed by atoms with Gasteiger partial charge in [-0.05, 0) is 66.3 Å². The first-order chi connectivity index (χ1) is 17.6. The van der Waals surface area contributed by atoms with Gasteiger partial charge < -0.3 is 9.80 Å². The largest absolute Gasteiger partial charge is 0.416 e. The number of amides is 1. The molecule has 0 bridgehead atoms. The molecular formula is C26H27ClF3N5OS. The molecule has 0 unspecified atom stereocenters. The molecular weight excluding hydrogens is 523 g/mol. The number of hydrogen-bond donors (Lipinski definition) is 0. The average Bonchev–Trinajstić information content (AvgIpc) is 3.43. The summed E-state index contributed by atoms with van der Waals surface area (Å²) in [5.74, 6) is -0.284. The number of rotatable bonds is 8. The van der Waals surface area contributed by atoms with Gasteiger partial charge in [-0.3, -0.25) is 9.48 Å². The molecule has 0 atom stereocenters.